The van der Waals surface area contributed by atoms with Crippen molar-refractivity contribution in [2.45, 2.75) is 30.3 Å². The molecule has 0 aliphatic carbocycles. The summed E-state index contributed by atoms with van der Waals surface area (Å²) in [7, 11) is -3.57. The van der Waals surface area contributed by atoms with E-state index in [0.717, 1.165) is 18.7 Å². The van der Waals surface area contributed by atoms with Gasteiger partial charge < -0.3 is 0 Å². The second kappa shape index (κ2) is 8.36. The van der Waals surface area contributed by atoms with E-state index >= 15 is 0 Å². The number of aromatic nitrogens is 1. The summed E-state index contributed by atoms with van der Waals surface area (Å²) in [5.41, 5.74) is 1.65. The molecule has 1 fully saturated rings. The zero-order valence-corrected chi connectivity index (χ0v) is 17.3. The number of rotatable bonds is 5. The quantitative estimate of drug-likeness (QED) is 0.661. The van der Waals surface area contributed by atoms with Crippen molar-refractivity contribution in [1.29, 1.82) is 0 Å². The molecule has 1 aromatic heterocycles. The molecule has 0 bridgehead atoms. The van der Waals surface area contributed by atoms with Crippen LogP contribution >= 0.6 is 11.6 Å². The van der Waals surface area contributed by atoms with Gasteiger partial charge in [-0.25, -0.2) is 17.5 Å². The van der Waals surface area contributed by atoms with E-state index < -0.39 is 10.0 Å². The fourth-order valence-corrected chi connectivity index (χ4v) is 5.11. The molecule has 0 radical (unpaired) electrons. The molecule has 152 valence electrons. The Balaban J connectivity index is 1.39. The van der Waals surface area contributed by atoms with Gasteiger partial charge in [-0.2, -0.15) is 0 Å². The molecule has 1 N–H and O–H groups in total. The number of nitrogens with zero attached hydrogens (tertiary/aromatic N) is 2. The molecule has 2 aromatic carbocycles. The maximum atomic E-state index is 14.0. The van der Waals surface area contributed by atoms with E-state index in [4.69, 9.17) is 11.6 Å². The summed E-state index contributed by atoms with van der Waals surface area (Å²) in [6.45, 7) is 2.16. The van der Waals surface area contributed by atoms with Gasteiger partial charge in [0, 0.05) is 42.3 Å². The SMILES string of the molecule is O=S(=O)(NC1CCN(Cc2ccc(F)c3cccnc23)CC1)c1ccc(Cl)cc1. The molecular formula is C21H21ClFN3O2S. The lowest BCUT2D eigenvalue weighted by Gasteiger charge is -2.32. The predicted molar refractivity (Wildman–Crippen MR) is 112 cm³/mol. The molecule has 1 aliphatic heterocycles. The molecule has 0 spiro atoms. The van der Waals surface area contributed by atoms with Crippen molar-refractivity contribution in [3.8, 4) is 0 Å². The molecule has 1 saturated heterocycles. The number of piperidine rings is 1. The van der Waals surface area contributed by atoms with Crippen LogP contribution in [-0.2, 0) is 16.6 Å². The molecule has 3 aromatic rings. The topological polar surface area (TPSA) is 62.3 Å². The summed E-state index contributed by atoms with van der Waals surface area (Å²) >= 11 is 5.84. The third-order valence-corrected chi connectivity index (χ3v) is 7.02. The Morgan fingerprint density at radius 2 is 1.83 bits per heavy atom. The van der Waals surface area contributed by atoms with Gasteiger partial charge in [0.15, 0.2) is 0 Å². The molecule has 4 rings (SSSR count). The highest BCUT2D eigenvalue weighted by atomic mass is 35.5. The minimum absolute atomic E-state index is 0.116. The molecule has 29 heavy (non-hydrogen) atoms. The highest BCUT2D eigenvalue weighted by Crippen LogP contribution is 2.23. The molecular weight excluding hydrogens is 413 g/mol. The monoisotopic (exact) mass is 433 g/mol. The van der Waals surface area contributed by atoms with E-state index in [2.05, 4.69) is 14.6 Å². The second-order valence-electron chi connectivity index (χ2n) is 7.23. The zero-order chi connectivity index (χ0) is 20.4. The van der Waals surface area contributed by atoms with Crippen LogP contribution in [0.2, 0.25) is 5.02 Å². The van der Waals surface area contributed by atoms with Crippen LogP contribution in [0.3, 0.4) is 0 Å². The van der Waals surface area contributed by atoms with Gasteiger partial charge in [-0.3, -0.25) is 9.88 Å². The summed E-state index contributed by atoms with van der Waals surface area (Å²) in [6.07, 6.45) is 3.09. The molecule has 0 atom stereocenters. The van der Waals surface area contributed by atoms with Gasteiger partial charge in [-0.1, -0.05) is 17.7 Å². The van der Waals surface area contributed by atoms with Crippen molar-refractivity contribution in [3.05, 3.63) is 71.1 Å². The van der Waals surface area contributed by atoms with Crippen LogP contribution in [0.15, 0.2) is 59.6 Å². The third-order valence-electron chi connectivity index (χ3n) is 5.23. The Kier molecular flexibility index (Phi) is 5.83. The Morgan fingerprint density at radius 1 is 1.10 bits per heavy atom. The predicted octanol–water partition coefficient (Wildman–Crippen LogP) is 3.97. The van der Waals surface area contributed by atoms with E-state index in [1.807, 2.05) is 0 Å². The van der Waals surface area contributed by atoms with Crippen molar-refractivity contribution in [2.75, 3.05) is 13.1 Å². The molecule has 1 aliphatic rings. The van der Waals surface area contributed by atoms with Crippen LogP contribution in [0.1, 0.15) is 18.4 Å². The first kappa shape index (κ1) is 20.2. The number of halogens is 2. The van der Waals surface area contributed by atoms with E-state index in [1.54, 1.807) is 36.5 Å². The first-order chi connectivity index (χ1) is 13.9. The van der Waals surface area contributed by atoms with Crippen molar-refractivity contribution >= 4 is 32.5 Å². The fraction of sp³-hybridized carbons (Fsp3) is 0.286. The van der Waals surface area contributed by atoms with Crippen molar-refractivity contribution < 1.29 is 12.8 Å². The van der Waals surface area contributed by atoms with Crippen LogP contribution in [0.4, 0.5) is 4.39 Å². The smallest absolute Gasteiger partial charge is 0.240 e. The van der Waals surface area contributed by atoms with E-state index in [9.17, 15) is 12.8 Å². The van der Waals surface area contributed by atoms with E-state index in [1.165, 1.54) is 18.2 Å². The van der Waals surface area contributed by atoms with Crippen LogP contribution in [0.5, 0.6) is 0 Å². The van der Waals surface area contributed by atoms with E-state index in [0.29, 0.717) is 35.3 Å². The van der Waals surface area contributed by atoms with Crippen molar-refractivity contribution in [3.63, 3.8) is 0 Å². The minimum atomic E-state index is -3.57. The number of benzene rings is 2. The number of likely N-dealkylation sites (tertiary alicyclic amines) is 1. The standard InChI is InChI=1S/C21H21ClFN3O2S/c22-16-4-6-18(7-5-16)29(27,28)25-17-9-12-26(13-10-17)14-15-3-8-20(23)19-2-1-11-24-21(15)19/h1-8,11,17,25H,9-10,12-14H2. The fourth-order valence-electron chi connectivity index (χ4n) is 3.68. The normalized spacial score (nSPS) is 16.3. The van der Waals surface area contributed by atoms with Gasteiger partial charge in [0.1, 0.15) is 5.82 Å². The first-order valence-corrected chi connectivity index (χ1v) is 11.3. The molecule has 0 saturated carbocycles. The molecule has 0 amide bonds. The van der Waals surface area contributed by atoms with E-state index in [-0.39, 0.29) is 16.8 Å². The van der Waals surface area contributed by atoms with Crippen molar-refractivity contribution in [2.24, 2.45) is 0 Å². The third kappa shape index (κ3) is 4.59. The van der Waals surface area contributed by atoms with Crippen LogP contribution < -0.4 is 4.72 Å². The minimum Gasteiger partial charge on any atom is -0.299 e. The van der Waals surface area contributed by atoms with Crippen molar-refractivity contribution in [1.82, 2.24) is 14.6 Å². The average molecular weight is 434 g/mol. The Labute approximate surface area is 174 Å². The summed E-state index contributed by atoms with van der Waals surface area (Å²) < 4.78 is 41.9. The van der Waals surface area contributed by atoms with Gasteiger partial charge in [0.25, 0.3) is 0 Å². The highest BCUT2D eigenvalue weighted by Gasteiger charge is 2.25. The average Bonchev–Trinajstić information content (AvgIpc) is 2.72. The lowest BCUT2D eigenvalue weighted by Crippen LogP contribution is -2.44. The number of nitrogens with one attached hydrogen (secondary N) is 1. The lowest BCUT2D eigenvalue weighted by molar-refractivity contribution is 0.200. The van der Waals surface area contributed by atoms with Crippen LogP contribution in [0, 0.1) is 5.82 Å². The van der Waals surface area contributed by atoms with Gasteiger partial charge in [-0.05, 0) is 60.9 Å². The summed E-state index contributed by atoms with van der Waals surface area (Å²) in [6, 6.07) is 12.8. The molecule has 2 heterocycles. The summed E-state index contributed by atoms with van der Waals surface area (Å²) in [5.74, 6) is -0.271. The number of sulfonamides is 1. The van der Waals surface area contributed by atoms with Gasteiger partial charge in [0.05, 0.1) is 10.4 Å². The summed E-state index contributed by atoms with van der Waals surface area (Å²) in [5, 5.41) is 1.02. The molecule has 8 heteroatoms. The number of fused-ring (bicyclic) bond motifs is 1. The largest absolute Gasteiger partial charge is 0.299 e. The second-order valence-corrected chi connectivity index (χ2v) is 9.38. The van der Waals surface area contributed by atoms with Gasteiger partial charge >= 0.3 is 0 Å². The number of pyridine rings is 1. The van der Waals surface area contributed by atoms with Gasteiger partial charge in [0.2, 0.25) is 10.0 Å². The number of hydrogen-bond acceptors (Lipinski definition) is 4. The summed E-state index contributed by atoms with van der Waals surface area (Å²) in [4.78, 5) is 6.80. The molecule has 5 nitrogen and oxygen atoms in total. The van der Waals surface area contributed by atoms with Crippen LogP contribution in [-0.4, -0.2) is 37.4 Å². The Morgan fingerprint density at radius 3 is 2.55 bits per heavy atom. The Bertz CT molecular complexity index is 1110. The lowest BCUT2D eigenvalue weighted by atomic mass is 10.0. The maximum Gasteiger partial charge on any atom is 0.240 e. The Hall–Kier alpha value is -2.06. The zero-order valence-electron chi connectivity index (χ0n) is 15.7. The highest BCUT2D eigenvalue weighted by molar-refractivity contribution is 7.89. The first-order valence-electron chi connectivity index (χ1n) is 9.45. The van der Waals surface area contributed by atoms with Crippen LogP contribution in [0.25, 0.3) is 10.9 Å². The number of hydrogen-bond donors (Lipinski definition) is 1. The maximum absolute atomic E-state index is 14.0. The molecule has 0 unspecified atom stereocenters. The van der Waals surface area contributed by atoms with Gasteiger partial charge in [-0.15, -0.1) is 0 Å².